The molecule has 3 atom stereocenters. The lowest BCUT2D eigenvalue weighted by atomic mass is 9.91. The Kier molecular flexibility index (Phi) is 28.0. The molecule has 16 rings (SSSR count). The van der Waals surface area contributed by atoms with Gasteiger partial charge in [-0.05, 0) is 278 Å². The van der Waals surface area contributed by atoms with E-state index in [4.69, 9.17) is 52.8 Å². The second kappa shape index (κ2) is 39.4. The van der Waals surface area contributed by atoms with E-state index in [0.717, 1.165) is 135 Å². The molecule has 8 aromatic heterocycles. The minimum atomic E-state index is -0.105. The van der Waals surface area contributed by atoms with E-state index >= 15 is 0 Å². The van der Waals surface area contributed by atoms with E-state index in [9.17, 15) is 19.2 Å². The van der Waals surface area contributed by atoms with E-state index < -0.39 is 0 Å². The van der Waals surface area contributed by atoms with Gasteiger partial charge in [-0.25, -0.2) is 19.9 Å². The number of fused-ring (bicyclic) bond motifs is 4. The van der Waals surface area contributed by atoms with Gasteiger partial charge in [-0.15, -0.1) is 0 Å². The van der Waals surface area contributed by atoms with Crippen molar-refractivity contribution in [2.75, 3.05) is 111 Å². The summed E-state index contributed by atoms with van der Waals surface area (Å²) in [7, 11) is 21.2. The first kappa shape index (κ1) is 85.4. The van der Waals surface area contributed by atoms with Crippen molar-refractivity contribution < 1.29 is 37.9 Å². The van der Waals surface area contributed by atoms with Crippen LogP contribution in [0.5, 0.6) is 46.0 Å². The van der Waals surface area contributed by atoms with Gasteiger partial charge in [0.2, 0.25) is 0 Å². The van der Waals surface area contributed by atoms with Crippen LogP contribution in [0.25, 0.3) is 89.9 Å². The zero-order valence-corrected chi connectivity index (χ0v) is 71.1. The number of aromatic nitrogens is 8. The normalized spacial score (nSPS) is 16.0. The van der Waals surface area contributed by atoms with Crippen LogP contribution in [-0.2, 0) is 0 Å². The van der Waals surface area contributed by atoms with Gasteiger partial charge in [0.1, 0.15) is 22.6 Å². The van der Waals surface area contributed by atoms with Crippen molar-refractivity contribution >= 4 is 44.9 Å². The number of rotatable bonds is 22. The number of nitrogens with zero attached hydrogens (tertiary/aromatic N) is 11. The molecule has 9 heterocycles. The van der Waals surface area contributed by atoms with Crippen molar-refractivity contribution in [1.82, 2.24) is 57.6 Å². The lowest BCUT2D eigenvalue weighted by Gasteiger charge is -2.29. The molecule has 4 aromatic carbocycles. The second-order valence-electron chi connectivity index (χ2n) is 30.4. The molecule has 0 fully saturated rings. The fraction of sp³-hybridized carbons (Fsp3) is 0.333. The Balaban J connectivity index is 0.000000138. The van der Waals surface area contributed by atoms with E-state index in [2.05, 4.69) is 102 Å². The maximum Gasteiger partial charge on any atom is 0.258 e. The van der Waals surface area contributed by atoms with Crippen LogP contribution in [0.15, 0.2) is 214 Å². The second-order valence-corrected chi connectivity index (χ2v) is 30.4. The lowest BCUT2D eigenvalue weighted by Crippen LogP contribution is -2.32. The first-order valence-electron chi connectivity index (χ1n) is 40.9. The highest BCUT2D eigenvalue weighted by atomic mass is 16.5. The van der Waals surface area contributed by atoms with Gasteiger partial charge in [0.05, 0.1) is 79.7 Å². The average molecular weight is 1620 g/mol. The summed E-state index contributed by atoms with van der Waals surface area (Å²) in [5.74, 6) is 4.98. The number of hydrogen-bond acceptors (Lipinski definition) is 20. The third-order valence-corrected chi connectivity index (χ3v) is 23.1. The van der Waals surface area contributed by atoms with E-state index in [-0.39, 0.29) is 22.2 Å². The number of allylic oxidation sites excluding steroid dienone is 3. The summed E-state index contributed by atoms with van der Waals surface area (Å²) < 4.78 is 49.2. The summed E-state index contributed by atoms with van der Waals surface area (Å²) in [6.07, 6.45) is 28.4. The number of methoxy groups -OCH3 is 8. The van der Waals surface area contributed by atoms with E-state index in [0.29, 0.717) is 109 Å². The molecule has 3 aliphatic carbocycles. The summed E-state index contributed by atoms with van der Waals surface area (Å²) in [5, 5.41) is 3.33. The molecule has 4 aliphatic rings. The number of benzene rings is 4. The first-order valence-corrected chi connectivity index (χ1v) is 40.9. The summed E-state index contributed by atoms with van der Waals surface area (Å²) in [4.78, 5) is 77.4. The predicted molar refractivity (Wildman–Crippen MR) is 477 cm³/mol. The van der Waals surface area contributed by atoms with Crippen LogP contribution in [-0.4, -0.2) is 182 Å². The molecule has 0 saturated heterocycles. The Morgan fingerprint density at radius 1 is 0.367 bits per heavy atom. The summed E-state index contributed by atoms with van der Waals surface area (Å²) >= 11 is 0. The molecule has 1 aliphatic heterocycles. The molecular weight excluding hydrogens is 1510 g/mol. The standard InChI is InChI=1S/C25H29N3O3.2C24H27N3O3.C23H25N3O3/c1-5-27(2)20-10-6-17(7-11-20)19-9-13-24-26-21(15-25(29)28(24)16-19)18-8-12-22(30-3)23(14-18)31-4;1-26(2)19-9-5-16(6-10-19)18-8-12-23-25-20(14-24(28)27(23)15-18)17-7-11-21(29-3)22(13-17)30-4;1-4-11-26-12-9-17(10-13-26)19-6-8-23-25-20(15-24(28)27(23)16-19)18-5-7-21(29-2)22(14-18)30-3;1-24-18-8-4-15(5-9-18)17-7-11-22-25-19(13-23(27)26(22)14-17)16-6-10-20(28-2)21(12-16)29-3/h6,8-9,12-16,20H,5,7,10-11H2,1-4H3;5,7-8,11-15,19H,6,9-10H2,1-4H3;5-9,14-16H,4,10-13H2,1-3H3;4,6-7,10-14,18,24H,5,8-9H2,1-3H3. The predicted octanol–water partition coefficient (Wildman–Crippen LogP) is 15.6. The Morgan fingerprint density at radius 2 is 0.675 bits per heavy atom. The summed E-state index contributed by atoms with van der Waals surface area (Å²) in [6.45, 7) is 8.61. The molecule has 3 unspecified atom stereocenters. The zero-order valence-electron chi connectivity index (χ0n) is 71.1. The number of nitrogens with one attached hydrogen (secondary N) is 1. The Labute approximate surface area is 699 Å². The van der Waals surface area contributed by atoms with Crippen molar-refractivity contribution in [2.45, 2.75) is 103 Å². The van der Waals surface area contributed by atoms with Crippen LogP contribution >= 0.6 is 0 Å². The number of pyridine rings is 4. The first-order chi connectivity index (χ1) is 58.3. The maximum absolute atomic E-state index is 12.9. The molecule has 12 aromatic rings. The quantitative estimate of drug-likeness (QED) is 0.0664. The fourth-order valence-electron chi connectivity index (χ4n) is 15.9. The van der Waals surface area contributed by atoms with E-state index in [1.807, 2.05) is 135 Å². The summed E-state index contributed by atoms with van der Waals surface area (Å²) in [5.41, 5.74) is 17.3. The summed E-state index contributed by atoms with van der Waals surface area (Å²) in [6, 6.07) is 46.0. The molecular formula is C96H108N12O12. The van der Waals surface area contributed by atoms with Crippen LogP contribution in [0.2, 0.25) is 0 Å². The largest absolute Gasteiger partial charge is 0.493 e. The fourth-order valence-corrected chi connectivity index (χ4v) is 15.9. The van der Waals surface area contributed by atoms with Gasteiger partial charge in [0.15, 0.2) is 46.0 Å². The Hall–Kier alpha value is -12.5. The third-order valence-electron chi connectivity index (χ3n) is 23.1. The topological polar surface area (TPSA) is 233 Å². The van der Waals surface area contributed by atoms with Gasteiger partial charge in [-0.3, -0.25) is 41.7 Å². The zero-order chi connectivity index (χ0) is 84.7. The molecule has 0 radical (unpaired) electrons. The minimum Gasteiger partial charge on any atom is -0.493 e. The highest BCUT2D eigenvalue weighted by Gasteiger charge is 2.24. The molecule has 0 bridgehead atoms. The Bertz CT molecular complexity index is 6100. The van der Waals surface area contributed by atoms with Gasteiger partial charge < -0.3 is 53.0 Å². The molecule has 0 amide bonds. The van der Waals surface area contributed by atoms with Crippen molar-refractivity contribution in [2.24, 2.45) is 0 Å². The van der Waals surface area contributed by atoms with Crippen LogP contribution in [0.4, 0.5) is 0 Å². The molecule has 24 nitrogen and oxygen atoms in total. The van der Waals surface area contributed by atoms with Crippen molar-refractivity contribution in [3.8, 4) is 91.0 Å². The van der Waals surface area contributed by atoms with Gasteiger partial charge in [0.25, 0.3) is 22.2 Å². The van der Waals surface area contributed by atoms with Crippen LogP contribution < -0.4 is 65.4 Å². The van der Waals surface area contributed by atoms with E-state index in [1.54, 1.807) is 98.7 Å². The molecule has 0 spiro atoms. The Morgan fingerprint density at radius 3 is 0.933 bits per heavy atom. The smallest absolute Gasteiger partial charge is 0.258 e. The highest BCUT2D eigenvalue weighted by molar-refractivity contribution is 5.74. The van der Waals surface area contributed by atoms with Crippen LogP contribution in [0.3, 0.4) is 0 Å². The SMILES string of the molecule is CCCN1CC=C(c2ccc3nc(-c4ccc(OC)c(OC)c4)cc(=O)n3c2)CC1.CCN(C)C1CC=C(c2ccc3nc(-c4ccc(OC)c(OC)c4)cc(=O)n3c2)CC1.CNC1CC=C(c2ccc3nc(-c4ccc(OC)c(OC)c4)cc(=O)n3c2)CC1.COc1ccc(-c2cc(=O)n3cc(C4=CCC(N(C)C)CC4)ccc3n2)cc1OC. The van der Waals surface area contributed by atoms with Crippen molar-refractivity contribution in [3.05, 3.63) is 258 Å². The third kappa shape index (κ3) is 19.6. The van der Waals surface area contributed by atoms with Crippen LogP contribution in [0, 0.1) is 0 Å². The van der Waals surface area contributed by atoms with Gasteiger partial charge >= 0.3 is 0 Å². The van der Waals surface area contributed by atoms with E-state index in [1.165, 1.54) is 28.7 Å². The molecule has 24 heteroatoms. The average Bonchev–Trinajstić information content (AvgIpc) is 0.794. The van der Waals surface area contributed by atoms with Crippen molar-refractivity contribution in [1.29, 1.82) is 0 Å². The minimum absolute atomic E-state index is 0.100. The number of hydrogen-bond donors (Lipinski definition) is 1. The van der Waals surface area contributed by atoms with Gasteiger partial charge in [0, 0.05) is 103 Å². The molecule has 624 valence electrons. The molecule has 0 saturated carbocycles. The highest BCUT2D eigenvalue weighted by Crippen LogP contribution is 2.38. The monoisotopic (exact) mass is 1620 g/mol. The molecule has 120 heavy (non-hydrogen) atoms. The van der Waals surface area contributed by atoms with Crippen LogP contribution in [0.1, 0.15) is 107 Å². The number of ether oxygens (including phenoxy) is 8. The maximum atomic E-state index is 12.9. The molecule has 1 N–H and O–H groups in total. The van der Waals surface area contributed by atoms with Gasteiger partial charge in [-0.2, -0.15) is 0 Å². The van der Waals surface area contributed by atoms with Gasteiger partial charge in [-0.1, -0.05) is 38.2 Å². The lowest BCUT2D eigenvalue weighted by molar-refractivity contribution is 0.240. The van der Waals surface area contributed by atoms with Crippen molar-refractivity contribution in [3.63, 3.8) is 0 Å².